The maximum absolute atomic E-state index is 13.2. The van der Waals surface area contributed by atoms with Gasteiger partial charge in [0.15, 0.2) is 0 Å². The van der Waals surface area contributed by atoms with E-state index in [9.17, 15) is 14.6 Å². The maximum atomic E-state index is 13.2. The van der Waals surface area contributed by atoms with Crippen molar-refractivity contribution >= 4 is 11.0 Å². The average molecular weight is 258 g/mol. The fourth-order valence-corrected chi connectivity index (χ4v) is 2.16. The Morgan fingerprint density at radius 2 is 1.74 bits per heavy atom. The molecule has 0 atom stereocenters. The van der Waals surface area contributed by atoms with Gasteiger partial charge in [-0.05, 0) is 24.3 Å². The van der Waals surface area contributed by atoms with E-state index in [-0.39, 0.29) is 17.3 Å². The number of benzene rings is 2. The molecule has 0 aliphatic carbocycles. The number of hydrogen-bond acceptors (Lipinski definition) is 3. The summed E-state index contributed by atoms with van der Waals surface area (Å²) in [7, 11) is 1.80. The molecule has 0 unspecified atom stereocenters. The minimum atomic E-state index is -0.351. The van der Waals surface area contributed by atoms with E-state index in [4.69, 9.17) is 0 Å². The van der Waals surface area contributed by atoms with Gasteiger partial charge in [-0.3, -0.25) is 0 Å². The summed E-state index contributed by atoms with van der Waals surface area (Å²) < 4.78 is 15.0. The van der Waals surface area contributed by atoms with Gasteiger partial charge in [-0.15, -0.1) is 0 Å². The van der Waals surface area contributed by atoms with Crippen LogP contribution in [0.15, 0.2) is 36.4 Å². The molecule has 2 N–H and O–H groups in total. The van der Waals surface area contributed by atoms with Crippen LogP contribution in [0.5, 0.6) is 11.5 Å². The lowest BCUT2D eigenvalue weighted by Crippen LogP contribution is -1.92. The lowest BCUT2D eigenvalue weighted by atomic mass is 10.2. The molecular formula is C14H11FN2O2. The molecule has 0 aliphatic heterocycles. The van der Waals surface area contributed by atoms with Crippen molar-refractivity contribution in [2.24, 2.45) is 7.05 Å². The molecule has 0 saturated carbocycles. The third-order valence-corrected chi connectivity index (χ3v) is 3.00. The number of aryl methyl sites for hydroxylation is 1. The molecule has 96 valence electrons. The Labute approximate surface area is 108 Å². The third kappa shape index (κ3) is 1.89. The number of phenols is 2. The molecule has 0 bridgehead atoms. The van der Waals surface area contributed by atoms with Crippen LogP contribution in [-0.4, -0.2) is 19.8 Å². The van der Waals surface area contributed by atoms with Gasteiger partial charge in [0.25, 0.3) is 0 Å². The van der Waals surface area contributed by atoms with E-state index >= 15 is 0 Å². The first-order valence-corrected chi connectivity index (χ1v) is 5.70. The molecular weight excluding hydrogens is 247 g/mol. The van der Waals surface area contributed by atoms with E-state index in [0.717, 1.165) is 5.52 Å². The number of nitrogens with zero attached hydrogens (tertiary/aromatic N) is 2. The summed E-state index contributed by atoms with van der Waals surface area (Å²) >= 11 is 0. The van der Waals surface area contributed by atoms with E-state index in [1.165, 1.54) is 30.3 Å². The molecule has 0 aliphatic rings. The van der Waals surface area contributed by atoms with Crippen LogP contribution < -0.4 is 0 Å². The number of halogens is 1. The van der Waals surface area contributed by atoms with Gasteiger partial charge in [-0.1, -0.05) is 0 Å². The second-order valence-electron chi connectivity index (χ2n) is 4.37. The molecule has 19 heavy (non-hydrogen) atoms. The molecule has 5 heteroatoms. The van der Waals surface area contributed by atoms with E-state index in [0.29, 0.717) is 16.9 Å². The van der Waals surface area contributed by atoms with Crippen LogP contribution in [0.4, 0.5) is 4.39 Å². The third-order valence-electron chi connectivity index (χ3n) is 3.00. The summed E-state index contributed by atoms with van der Waals surface area (Å²) in [5, 5.41) is 19.0. The van der Waals surface area contributed by atoms with E-state index < -0.39 is 0 Å². The highest BCUT2D eigenvalue weighted by Gasteiger charge is 2.12. The molecule has 2 aromatic carbocycles. The highest BCUT2D eigenvalue weighted by molar-refractivity contribution is 5.81. The normalized spacial score (nSPS) is 11.1. The van der Waals surface area contributed by atoms with Crippen molar-refractivity contribution in [2.75, 3.05) is 0 Å². The Kier molecular flexibility index (Phi) is 2.41. The first-order valence-electron chi connectivity index (χ1n) is 5.70. The van der Waals surface area contributed by atoms with Gasteiger partial charge in [-0.2, -0.15) is 0 Å². The minimum absolute atomic E-state index is 0.0479. The van der Waals surface area contributed by atoms with Crippen molar-refractivity contribution < 1.29 is 14.6 Å². The standard InChI is InChI=1S/C14H11FN2O2/c1-17-13-3-2-9(15)6-12(13)16-14(17)8-4-10(18)7-11(19)5-8/h2-7,18-19H,1H3. The number of aromatic nitrogens is 2. The average Bonchev–Trinajstić information content (AvgIpc) is 2.65. The predicted molar refractivity (Wildman–Crippen MR) is 69.4 cm³/mol. The van der Waals surface area contributed by atoms with Crippen LogP contribution in [0.2, 0.25) is 0 Å². The minimum Gasteiger partial charge on any atom is -0.508 e. The van der Waals surface area contributed by atoms with Crippen LogP contribution in [0.3, 0.4) is 0 Å². The highest BCUT2D eigenvalue weighted by atomic mass is 19.1. The SMILES string of the molecule is Cn1c(-c2cc(O)cc(O)c2)nc2cc(F)ccc21. The van der Waals surface area contributed by atoms with Gasteiger partial charge >= 0.3 is 0 Å². The molecule has 3 aromatic rings. The molecule has 3 rings (SSSR count). The summed E-state index contributed by atoms with van der Waals surface area (Å²) in [5.74, 6) is 0.101. The Morgan fingerprint density at radius 3 is 2.42 bits per heavy atom. The van der Waals surface area contributed by atoms with Gasteiger partial charge in [0.05, 0.1) is 11.0 Å². The Morgan fingerprint density at radius 1 is 1.05 bits per heavy atom. The van der Waals surface area contributed by atoms with Crippen LogP contribution in [-0.2, 0) is 7.05 Å². The van der Waals surface area contributed by atoms with Crippen molar-refractivity contribution in [1.29, 1.82) is 0 Å². The fraction of sp³-hybridized carbons (Fsp3) is 0.0714. The Bertz CT molecular complexity index is 760. The maximum Gasteiger partial charge on any atom is 0.141 e. The highest BCUT2D eigenvalue weighted by Crippen LogP contribution is 2.30. The van der Waals surface area contributed by atoms with Gasteiger partial charge < -0.3 is 14.8 Å². The Hall–Kier alpha value is -2.56. The zero-order valence-corrected chi connectivity index (χ0v) is 10.1. The lowest BCUT2D eigenvalue weighted by Gasteiger charge is -2.04. The fourth-order valence-electron chi connectivity index (χ4n) is 2.16. The second kappa shape index (κ2) is 3.98. The largest absolute Gasteiger partial charge is 0.508 e. The van der Waals surface area contributed by atoms with Crippen LogP contribution in [0.1, 0.15) is 0 Å². The number of fused-ring (bicyclic) bond motifs is 1. The van der Waals surface area contributed by atoms with Crippen molar-refractivity contribution in [2.45, 2.75) is 0 Å². The van der Waals surface area contributed by atoms with Gasteiger partial charge in [0.2, 0.25) is 0 Å². The zero-order chi connectivity index (χ0) is 13.6. The second-order valence-corrected chi connectivity index (χ2v) is 4.37. The molecule has 0 radical (unpaired) electrons. The van der Waals surface area contributed by atoms with E-state index in [1.54, 1.807) is 17.7 Å². The quantitative estimate of drug-likeness (QED) is 0.705. The molecule has 1 aromatic heterocycles. The summed E-state index contributed by atoms with van der Waals surface area (Å²) in [6, 6.07) is 8.60. The summed E-state index contributed by atoms with van der Waals surface area (Å²) in [5.41, 5.74) is 1.87. The molecule has 0 spiro atoms. The molecule has 0 amide bonds. The summed E-state index contributed by atoms with van der Waals surface area (Å²) in [6.45, 7) is 0. The van der Waals surface area contributed by atoms with Gasteiger partial charge in [-0.25, -0.2) is 9.37 Å². The van der Waals surface area contributed by atoms with Gasteiger partial charge in [0.1, 0.15) is 23.1 Å². The van der Waals surface area contributed by atoms with Crippen molar-refractivity contribution in [3.63, 3.8) is 0 Å². The number of phenolic OH excluding ortho intramolecular Hbond substituents is 2. The first kappa shape index (κ1) is 11.5. The lowest BCUT2D eigenvalue weighted by molar-refractivity contribution is 0.451. The number of imidazole rings is 1. The van der Waals surface area contributed by atoms with Crippen molar-refractivity contribution in [3.8, 4) is 22.9 Å². The first-order chi connectivity index (χ1) is 9.04. The van der Waals surface area contributed by atoms with Crippen LogP contribution >= 0.6 is 0 Å². The molecule has 0 fully saturated rings. The number of hydrogen-bond donors (Lipinski definition) is 2. The molecule has 4 nitrogen and oxygen atoms in total. The monoisotopic (exact) mass is 258 g/mol. The summed E-state index contributed by atoms with van der Waals surface area (Å²) in [6.07, 6.45) is 0. The van der Waals surface area contributed by atoms with Crippen molar-refractivity contribution in [1.82, 2.24) is 9.55 Å². The van der Waals surface area contributed by atoms with Gasteiger partial charge in [0, 0.05) is 24.7 Å². The molecule has 1 heterocycles. The molecule has 0 saturated heterocycles. The van der Waals surface area contributed by atoms with Crippen molar-refractivity contribution in [3.05, 3.63) is 42.2 Å². The van der Waals surface area contributed by atoms with Crippen LogP contribution in [0.25, 0.3) is 22.4 Å². The number of aromatic hydroxyl groups is 2. The van der Waals surface area contributed by atoms with E-state index in [2.05, 4.69) is 4.98 Å². The van der Waals surface area contributed by atoms with Crippen LogP contribution in [0, 0.1) is 5.82 Å². The topological polar surface area (TPSA) is 58.3 Å². The number of rotatable bonds is 1. The summed E-state index contributed by atoms with van der Waals surface area (Å²) in [4.78, 5) is 4.33. The zero-order valence-electron chi connectivity index (χ0n) is 10.1. The smallest absolute Gasteiger partial charge is 0.141 e. The predicted octanol–water partition coefficient (Wildman–Crippen LogP) is 2.79. The van der Waals surface area contributed by atoms with E-state index in [1.807, 2.05) is 0 Å². The Balaban J connectivity index is 2.27.